The topological polar surface area (TPSA) is 29.5 Å². The largest absolute Gasteiger partial charge is 0.394 e. The molecule has 0 aliphatic heterocycles. The zero-order chi connectivity index (χ0) is 11.9. The van der Waals surface area contributed by atoms with Crippen LogP contribution in [0.4, 0.5) is 0 Å². The minimum Gasteiger partial charge on any atom is -0.394 e. The molecule has 0 atom stereocenters. The minimum absolute atomic E-state index is 0.141. The first-order chi connectivity index (χ1) is 7.91. The molecule has 0 heterocycles. The van der Waals surface area contributed by atoms with E-state index in [1.54, 1.807) is 0 Å². The standard InChI is InChI=1S/C13H28O2S/c1-2-3-4-5-6-7-8-12-16-13-11-15-10-9-14/h14H,2-13H2,1H3. The second-order valence-corrected chi connectivity index (χ2v) is 5.29. The van der Waals surface area contributed by atoms with E-state index in [9.17, 15) is 0 Å². The number of aliphatic hydroxyl groups excluding tert-OH is 1. The molecule has 0 aromatic heterocycles. The van der Waals surface area contributed by atoms with Crippen LogP contribution in [0.25, 0.3) is 0 Å². The first kappa shape index (κ1) is 16.3. The number of rotatable bonds is 13. The maximum atomic E-state index is 8.50. The van der Waals surface area contributed by atoms with Crippen LogP contribution in [0.1, 0.15) is 51.9 Å². The van der Waals surface area contributed by atoms with Crippen LogP contribution in [0.2, 0.25) is 0 Å². The summed E-state index contributed by atoms with van der Waals surface area (Å²) in [5.74, 6) is 2.33. The fourth-order valence-electron chi connectivity index (χ4n) is 1.55. The summed E-state index contributed by atoms with van der Waals surface area (Å²) in [6, 6.07) is 0. The van der Waals surface area contributed by atoms with Crippen molar-refractivity contribution in [1.29, 1.82) is 0 Å². The lowest BCUT2D eigenvalue weighted by molar-refractivity contribution is 0.103. The fourth-order valence-corrected chi connectivity index (χ4v) is 2.40. The van der Waals surface area contributed by atoms with Gasteiger partial charge in [-0.3, -0.25) is 0 Å². The van der Waals surface area contributed by atoms with Crippen molar-refractivity contribution in [2.24, 2.45) is 0 Å². The molecule has 0 aliphatic rings. The van der Waals surface area contributed by atoms with Crippen molar-refractivity contribution in [2.45, 2.75) is 51.9 Å². The van der Waals surface area contributed by atoms with Gasteiger partial charge in [0.2, 0.25) is 0 Å². The molecule has 3 heteroatoms. The van der Waals surface area contributed by atoms with Gasteiger partial charge in [0, 0.05) is 5.75 Å². The van der Waals surface area contributed by atoms with Gasteiger partial charge in [0.15, 0.2) is 0 Å². The molecule has 0 unspecified atom stereocenters. The van der Waals surface area contributed by atoms with Gasteiger partial charge in [-0.1, -0.05) is 45.4 Å². The van der Waals surface area contributed by atoms with Gasteiger partial charge in [-0.05, 0) is 12.2 Å². The van der Waals surface area contributed by atoms with Gasteiger partial charge in [0.05, 0.1) is 19.8 Å². The Balaban J connectivity index is 2.83. The smallest absolute Gasteiger partial charge is 0.0698 e. The van der Waals surface area contributed by atoms with Crippen molar-refractivity contribution >= 4 is 11.8 Å². The molecule has 0 amide bonds. The van der Waals surface area contributed by atoms with Crippen LogP contribution < -0.4 is 0 Å². The SMILES string of the molecule is CCCCCCCCCSCCOCCO. The van der Waals surface area contributed by atoms with Crippen LogP contribution in [0, 0.1) is 0 Å². The minimum atomic E-state index is 0.141. The van der Waals surface area contributed by atoms with Crippen LogP contribution in [0.15, 0.2) is 0 Å². The monoisotopic (exact) mass is 248 g/mol. The molecule has 0 radical (unpaired) electrons. The summed E-state index contributed by atoms with van der Waals surface area (Å²) < 4.78 is 5.18. The van der Waals surface area contributed by atoms with E-state index in [2.05, 4.69) is 6.92 Å². The summed E-state index contributed by atoms with van der Waals surface area (Å²) in [5.41, 5.74) is 0. The highest BCUT2D eigenvalue weighted by Gasteiger charge is 1.92. The molecule has 0 rings (SSSR count). The molecule has 0 aromatic carbocycles. The molecule has 0 saturated heterocycles. The van der Waals surface area contributed by atoms with E-state index in [1.165, 1.54) is 50.7 Å². The predicted molar refractivity (Wildman–Crippen MR) is 73.2 cm³/mol. The highest BCUT2D eigenvalue weighted by Crippen LogP contribution is 2.10. The highest BCUT2D eigenvalue weighted by atomic mass is 32.2. The highest BCUT2D eigenvalue weighted by molar-refractivity contribution is 7.99. The number of thioether (sulfide) groups is 1. The first-order valence-corrected chi connectivity index (χ1v) is 7.83. The molecule has 0 bridgehead atoms. The molecule has 0 aliphatic carbocycles. The van der Waals surface area contributed by atoms with Gasteiger partial charge in [-0.2, -0.15) is 11.8 Å². The molecular formula is C13H28O2S. The van der Waals surface area contributed by atoms with Gasteiger partial charge in [0.1, 0.15) is 0 Å². The number of hydrogen-bond donors (Lipinski definition) is 1. The molecule has 0 aromatic rings. The number of ether oxygens (including phenoxy) is 1. The second-order valence-electron chi connectivity index (χ2n) is 4.07. The third-order valence-corrected chi connectivity index (χ3v) is 3.53. The summed E-state index contributed by atoms with van der Waals surface area (Å²) in [4.78, 5) is 0. The Labute approximate surface area is 105 Å². The van der Waals surface area contributed by atoms with Crippen LogP contribution in [0.5, 0.6) is 0 Å². The third kappa shape index (κ3) is 14.3. The van der Waals surface area contributed by atoms with E-state index in [0.717, 1.165) is 12.4 Å². The first-order valence-electron chi connectivity index (χ1n) is 6.68. The lowest BCUT2D eigenvalue weighted by Gasteiger charge is -2.03. The lowest BCUT2D eigenvalue weighted by Crippen LogP contribution is -2.02. The second kappa shape index (κ2) is 15.3. The molecule has 98 valence electrons. The van der Waals surface area contributed by atoms with Crippen molar-refractivity contribution < 1.29 is 9.84 Å². The summed E-state index contributed by atoms with van der Waals surface area (Å²) in [6.07, 6.45) is 9.70. The fraction of sp³-hybridized carbons (Fsp3) is 1.00. The van der Waals surface area contributed by atoms with E-state index >= 15 is 0 Å². The summed E-state index contributed by atoms with van der Waals surface area (Å²) in [6.45, 7) is 3.66. The lowest BCUT2D eigenvalue weighted by atomic mass is 10.1. The van der Waals surface area contributed by atoms with Crippen molar-refractivity contribution in [1.82, 2.24) is 0 Å². The normalized spacial score (nSPS) is 10.9. The molecule has 16 heavy (non-hydrogen) atoms. The Morgan fingerprint density at radius 3 is 2.25 bits per heavy atom. The van der Waals surface area contributed by atoms with Crippen molar-refractivity contribution in [3.8, 4) is 0 Å². The van der Waals surface area contributed by atoms with E-state index in [4.69, 9.17) is 9.84 Å². The van der Waals surface area contributed by atoms with Crippen molar-refractivity contribution in [3.63, 3.8) is 0 Å². The van der Waals surface area contributed by atoms with Crippen molar-refractivity contribution in [2.75, 3.05) is 31.3 Å². The number of hydrogen-bond acceptors (Lipinski definition) is 3. The Hall–Kier alpha value is 0.270. The van der Waals surface area contributed by atoms with E-state index in [1.807, 2.05) is 11.8 Å². The van der Waals surface area contributed by atoms with Gasteiger partial charge < -0.3 is 9.84 Å². The third-order valence-electron chi connectivity index (χ3n) is 2.50. The molecule has 0 spiro atoms. The average Bonchev–Trinajstić information content (AvgIpc) is 2.31. The van der Waals surface area contributed by atoms with Gasteiger partial charge >= 0.3 is 0 Å². The molecule has 1 N–H and O–H groups in total. The van der Waals surface area contributed by atoms with Crippen LogP contribution in [-0.2, 0) is 4.74 Å². The summed E-state index contributed by atoms with van der Waals surface area (Å²) >= 11 is 1.97. The molecule has 2 nitrogen and oxygen atoms in total. The Morgan fingerprint density at radius 2 is 1.56 bits per heavy atom. The maximum Gasteiger partial charge on any atom is 0.0698 e. The van der Waals surface area contributed by atoms with Crippen LogP contribution in [0.3, 0.4) is 0 Å². The van der Waals surface area contributed by atoms with E-state index in [0.29, 0.717) is 6.61 Å². The average molecular weight is 248 g/mol. The van der Waals surface area contributed by atoms with Crippen LogP contribution >= 0.6 is 11.8 Å². The summed E-state index contributed by atoms with van der Waals surface area (Å²) in [5, 5.41) is 8.50. The Kier molecular flexibility index (Phi) is 15.5. The predicted octanol–water partition coefficient (Wildman–Crippen LogP) is 3.48. The Bertz CT molecular complexity index is 107. The van der Waals surface area contributed by atoms with Gasteiger partial charge in [-0.15, -0.1) is 0 Å². The van der Waals surface area contributed by atoms with E-state index < -0.39 is 0 Å². The zero-order valence-electron chi connectivity index (χ0n) is 10.7. The molecular weight excluding hydrogens is 220 g/mol. The van der Waals surface area contributed by atoms with Crippen LogP contribution in [-0.4, -0.2) is 36.4 Å². The molecule has 0 fully saturated rings. The van der Waals surface area contributed by atoms with E-state index in [-0.39, 0.29) is 6.61 Å². The number of unbranched alkanes of at least 4 members (excludes halogenated alkanes) is 6. The zero-order valence-corrected chi connectivity index (χ0v) is 11.6. The quantitative estimate of drug-likeness (QED) is 0.506. The van der Waals surface area contributed by atoms with Crippen molar-refractivity contribution in [3.05, 3.63) is 0 Å². The summed E-state index contributed by atoms with van der Waals surface area (Å²) in [7, 11) is 0. The maximum absolute atomic E-state index is 8.50. The number of aliphatic hydroxyl groups is 1. The van der Waals surface area contributed by atoms with Gasteiger partial charge in [0.25, 0.3) is 0 Å². The van der Waals surface area contributed by atoms with Gasteiger partial charge in [-0.25, -0.2) is 0 Å². The Morgan fingerprint density at radius 1 is 0.875 bits per heavy atom. The molecule has 0 saturated carbocycles.